The van der Waals surface area contributed by atoms with Gasteiger partial charge in [0.2, 0.25) is 0 Å². The molecular formula is C56H34N2S2. The molecule has 0 unspecified atom stereocenters. The van der Waals surface area contributed by atoms with E-state index in [0.29, 0.717) is 5.82 Å². The highest BCUT2D eigenvalue weighted by molar-refractivity contribution is 7.26. The molecule has 3 aromatic heterocycles. The van der Waals surface area contributed by atoms with Crippen LogP contribution in [-0.4, -0.2) is 9.97 Å². The molecule has 4 heteroatoms. The van der Waals surface area contributed by atoms with Crippen LogP contribution in [0.25, 0.3) is 118 Å². The summed E-state index contributed by atoms with van der Waals surface area (Å²) >= 11 is 3.67. The van der Waals surface area contributed by atoms with E-state index in [0.717, 1.165) is 50.0 Å². The first-order chi connectivity index (χ1) is 29.7. The Hall–Kier alpha value is -7.24. The normalized spacial score (nSPS) is 11.7. The van der Waals surface area contributed by atoms with Gasteiger partial charge in [-0.2, -0.15) is 0 Å². The molecule has 0 N–H and O–H groups in total. The summed E-state index contributed by atoms with van der Waals surface area (Å²) in [5.41, 5.74) is 12.0. The summed E-state index contributed by atoms with van der Waals surface area (Å²) < 4.78 is 5.00. The van der Waals surface area contributed by atoms with E-state index >= 15 is 0 Å². The molecule has 0 bridgehead atoms. The van der Waals surface area contributed by atoms with Crippen LogP contribution in [0, 0.1) is 0 Å². The van der Waals surface area contributed by atoms with Gasteiger partial charge < -0.3 is 0 Å². The standard InChI is InChI=1S/C56H34N2S2/c1-3-15-35(16-4-1)37-19-11-20-38(33-37)40-31-32-41-39(36-17-5-2-6-18-36)23-12-24-44(41)53(40)56-57-49(47-27-13-25-45-42-21-7-9-29-51(42)59-54(45)47)34-50(58-56)48-28-14-26-46-43-22-8-10-30-52(43)60-55(46)48/h1-34H. The molecule has 0 aliphatic rings. The van der Waals surface area contributed by atoms with Crippen molar-refractivity contribution in [1.82, 2.24) is 9.97 Å². The topological polar surface area (TPSA) is 25.8 Å². The van der Waals surface area contributed by atoms with Crippen molar-refractivity contribution in [2.45, 2.75) is 0 Å². The lowest BCUT2D eigenvalue weighted by molar-refractivity contribution is 1.19. The molecule has 0 aliphatic heterocycles. The van der Waals surface area contributed by atoms with Gasteiger partial charge in [-0.15, -0.1) is 22.7 Å². The second-order valence-electron chi connectivity index (χ2n) is 15.2. The first-order valence-corrected chi connectivity index (χ1v) is 21.9. The number of benzene rings is 9. The SMILES string of the molecule is c1ccc(-c2cccc(-c3ccc4c(-c5ccccc5)cccc4c3-c3nc(-c4cccc5c4sc4ccccc45)cc(-c4cccc5c4sc4ccccc45)n3)c2)cc1. The zero-order valence-corrected chi connectivity index (χ0v) is 34.0. The lowest BCUT2D eigenvalue weighted by Crippen LogP contribution is -1.99. The highest BCUT2D eigenvalue weighted by Crippen LogP contribution is 2.46. The molecule has 60 heavy (non-hydrogen) atoms. The monoisotopic (exact) mass is 798 g/mol. The van der Waals surface area contributed by atoms with Crippen molar-refractivity contribution in [2.75, 3.05) is 0 Å². The number of nitrogens with zero attached hydrogens (tertiary/aromatic N) is 2. The quantitative estimate of drug-likeness (QED) is 0.167. The smallest absolute Gasteiger partial charge is 0.161 e. The van der Waals surface area contributed by atoms with Crippen LogP contribution < -0.4 is 0 Å². The molecule has 2 nitrogen and oxygen atoms in total. The fraction of sp³-hybridized carbons (Fsp3) is 0. The summed E-state index contributed by atoms with van der Waals surface area (Å²) in [6.07, 6.45) is 0. The summed E-state index contributed by atoms with van der Waals surface area (Å²) in [5.74, 6) is 0.703. The molecule has 9 aromatic carbocycles. The summed E-state index contributed by atoms with van der Waals surface area (Å²) in [7, 11) is 0. The molecule has 0 saturated heterocycles. The Morgan fingerprint density at radius 3 is 1.40 bits per heavy atom. The van der Waals surface area contributed by atoms with Crippen LogP contribution in [-0.2, 0) is 0 Å². The number of thiophene rings is 2. The molecule has 0 radical (unpaired) electrons. The van der Waals surface area contributed by atoms with Gasteiger partial charge in [0.25, 0.3) is 0 Å². The van der Waals surface area contributed by atoms with Crippen LogP contribution >= 0.6 is 22.7 Å². The third kappa shape index (κ3) is 5.76. The van der Waals surface area contributed by atoms with Gasteiger partial charge in [-0.25, -0.2) is 9.97 Å². The molecule has 0 amide bonds. The first-order valence-electron chi connectivity index (χ1n) is 20.2. The summed E-state index contributed by atoms with van der Waals surface area (Å²) in [6, 6.07) is 74.3. The van der Waals surface area contributed by atoms with Crippen molar-refractivity contribution in [3.05, 3.63) is 206 Å². The number of fused-ring (bicyclic) bond motifs is 7. The van der Waals surface area contributed by atoms with E-state index in [9.17, 15) is 0 Å². The predicted molar refractivity (Wildman–Crippen MR) is 258 cm³/mol. The Bertz CT molecular complexity index is 3470. The second-order valence-corrected chi connectivity index (χ2v) is 17.3. The third-order valence-corrected chi connectivity index (χ3v) is 14.2. The van der Waals surface area contributed by atoms with Crippen molar-refractivity contribution in [2.24, 2.45) is 0 Å². The Labute approximate surface area is 355 Å². The fourth-order valence-electron chi connectivity index (χ4n) is 8.94. The van der Waals surface area contributed by atoms with Gasteiger partial charge >= 0.3 is 0 Å². The van der Waals surface area contributed by atoms with Gasteiger partial charge in [0.1, 0.15) is 0 Å². The number of hydrogen-bond acceptors (Lipinski definition) is 4. The first kappa shape index (κ1) is 34.8. The van der Waals surface area contributed by atoms with Crippen LogP contribution in [0.15, 0.2) is 206 Å². The van der Waals surface area contributed by atoms with Crippen molar-refractivity contribution < 1.29 is 0 Å². The van der Waals surface area contributed by atoms with Gasteiger partial charge in [0.05, 0.1) is 11.4 Å². The number of hydrogen-bond donors (Lipinski definition) is 0. The minimum atomic E-state index is 0.703. The average molecular weight is 799 g/mol. The van der Waals surface area contributed by atoms with E-state index in [-0.39, 0.29) is 0 Å². The summed E-state index contributed by atoms with van der Waals surface area (Å²) in [4.78, 5) is 11.3. The number of aromatic nitrogens is 2. The zero-order valence-electron chi connectivity index (χ0n) is 32.3. The van der Waals surface area contributed by atoms with Crippen molar-refractivity contribution in [3.63, 3.8) is 0 Å². The maximum Gasteiger partial charge on any atom is 0.161 e. The summed E-state index contributed by atoms with van der Waals surface area (Å²) in [6.45, 7) is 0. The Balaban J connectivity index is 1.18. The van der Waals surface area contributed by atoms with E-state index in [1.54, 1.807) is 0 Å². The molecule has 0 spiro atoms. The summed E-state index contributed by atoms with van der Waals surface area (Å²) in [5, 5.41) is 7.31. The van der Waals surface area contributed by atoms with E-state index < -0.39 is 0 Å². The lowest BCUT2D eigenvalue weighted by Gasteiger charge is -2.18. The maximum atomic E-state index is 5.66. The fourth-order valence-corrected chi connectivity index (χ4v) is 11.4. The van der Waals surface area contributed by atoms with E-state index in [1.165, 1.54) is 62.6 Å². The Morgan fingerprint density at radius 1 is 0.283 bits per heavy atom. The average Bonchev–Trinajstić information content (AvgIpc) is 3.90. The van der Waals surface area contributed by atoms with Crippen LogP contribution in [0.4, 0.5) is 0 Å². The highest BCUT2D eigenvalue weighted by Gasteiger charge is 2.22. The molecule has 280 valence electrons. The van der Waals surface area contributed by atoms with Gasteiger partial charge in [0, 0.05) is 57.0 Å². The van der Waals surface area contributed by atoms with Gasteiger partial charge in [0.15, 0.2) is 5.82 Å². The Morgan fingerprint density at radius 2 is 0.767 bits per heavy atom. The van der Waals surface area contributed by atoms with Crippen molar-refractivity contribution >= 4 is 73.8 Å². The van der Waals surface area contributed by atoms with Crippen molar-refractivity contribution in [1.29, 1.82) is 0 Å². The Kier molecular flexibility index (Phi) is 8.25. The van der Waals surface area contributed by atoms with Crippen LogP contribution in [0.1, 0.15) is 0 Å². The molecule has 12 aromatic rings. The molecule has 12 rings (SSSR count). The molecule has 0 saturated carbocycles. The van der Waals surface area contributed by atoms with E-state index in [4.69, 9.17) is 9.97 Å². The lowest BCUT2D eigenvalue weighted by atomic mass is 9.89. The van der Waals surface area contributed by atoms with Crippen molar-refractivity contribution in [3.8, 4) is 67.3 Å². The van der Waals surface area contributed by atoms with Gasteiger partial charge in [-0.3, -0.25) is 0 Å². The van der Waals surface area contributed by atoms with Crippen LogP contribution in [0.3, 0.4) is 0 Å². The third-order valence-electron chi connectivity index (χ3n) is 11.7. The molecule has 0 aliphatic carbocycles. The minimum Gasteiger partial charge on any atom is -0.228 e. The van der Waals surface area contributed by atoms with E-state index in [2.05, 4.69) is 206 Å². The van der Waals surface area contributed by atoms with Crippen LogP contribution in [0.5, 0.6) is 0 Å². The molecule has 3 heterocycles. The highest BCUT2D eigenvalue weighted by atomic mass is 32.1. The van der Waals surface area contributed by atoms with Crippen LogP contribution in [0.2, 0.25) is 0 Å². The molecule has 0 atom stereocenters. The molecule has 0 fully saturated rings. The second kappa shape index (κ2) is 14.2. The van der Waals surface area contributed by atoms with E-state index in [1.807, 2.05) is 22.7 Å². The number of rotatable bonds is 6. The van der Waals surface area contributed by atoms with Gasteiger partial charge in [-0.1, -0.05) is 182 Å². The largest absolute Gasteiger partial charge is 0.228 e. The minimum absolute atomic E-state index is 0.703. The van der Waals surface area contributed by atoms with Gasteiger partial charge in [-0.05, 0) is 68.4 Å². The maximum absolute atomic E-state index is 5.66. The zero-order chi connectivity index (χ0) is 39.6. The molecular weight excluding hydrogens is 765 g/mol. The predicted octanol–water partition coefficient (Wildman–Crippen LogP) is 16.4.